The monoisotopic (exact) mass is 128 g/mol. The fraction of sp³-hybridized carbons (Fsp3) is 0.571. The molecular formula is C7H12O2. The molecule has 0 saturated heterocycles. The van der Waals surface area contributed by atoms with Crippen LogP contribution in [0.15, 0.2) is 12.2 Å². The molecule has 0 amide bonds. The number of esters is 1. The summed E-state index contributed by atoms with van der Waals surface area (Å²) in [5, 5.41) is 0. The van der Waals surface area contributed by atoms with Crippen molar-refractivity contribution >= 4 is 5.97 Å². The maximum Gasteiger partial charge on any atom is 0.309 e. The standard InChI is InChI=1S/C7H12O2/c1-3-5-6-7(8)9-4-2/h3,5H,4,6H2,1-2H3/b5-3+. The highest BCUT2D eigenvalue weighted by Crippen LogP contribution is 1.86. The normalized spacial score (nSPS) is 10.0. The number of hydrogen-bond donors (Lipinski definition) is 0. The van der Waals surface area contributed by atoms with E-state index in [0.29, 0.717) is 13.0 Å². The lowest BCUT2D eigenvalue weighted by atomic mass is 10.4. The Morgan fingerprint density at radius 3 is 2.78 bits per heavy atom. The van der Waals surface area contributed by atoms with Crippen molar-refractivity contribution < 1.29 is 9.53 Å². The van der Waals surface area contributed by atoms with E-state index in [2.05, 4.69) is 4.74 Å². The summed E-state index contributed by atoms with van der Waals surface area (Å²) < 4.78 is 4.65. The predicted octanol–water partition coefficient (Wildman–Crippen LogP) is 1.52. The van der Waals surface area contributed by atoms with Gasteiger partial charge in [0.05, 0.1) is 13.0 Å². The van der Waals surface area contributed by atoms with E-state index in [1.54, 1.807) is 13.0 Å². The van der Waals surface area contributed by atoms with Crippen molar-refractivity contribution in [3.05, 3.63) is 12.2 Å². The van der Waals surface area contributed by atoms with Gasteiger partial charge in [-0.15, -0.1) is 0 Å². The number of rotatable bonds is 3. The number of hydrogen-bond acceptors (Lipinski definition) is 2. The molecule has 52 valence electrons. The molecule has 0 radical (unpaired) electrons. The van der Waals surface area contributed by atoms with Crippen LogP contribution in [0.2, 0.25) is 0 Å². The summed E-state index contributed by atoms with van der Waals surface area (Å²) in [6, 6.07) is 0. The third-order valence-corrected chi connectivity index (χ3v) is 0.826. The van der Waals surface area contributed by atoms with E-state index < -0.39 is 0 Å². The Morgan fingerprint density at radius 2 is 2.33 bits per heavy atom. The van der Waals surface area contributed by atoms with Crippen LogP contribution in [0.1, 0.15) is 20.3 Å². The Bertz CT molecular complexity index is 105. The second kappa shape index (κ2) is 5.35. The largest absolute Gasteiger partial charge is 0.466 e. The SMILES string of the molecule is C/C=C/CC(=O)OCC. The highest BCUT2D eigenvalue weighted by molar-refractivity contribution is 5.70. The van der Waals surface area contributed by atoms with E-state index >= 15 is 0 Å². The van der Waals surface area contributed by atoms with Crippen LogP contribution in [0.25, 0.3) is 0 Å². The van der Waals surface area contributed by atoms with Gasteiger partial charge in [0.15, 0.2) is 0 Å². The van der Waals surface area contributed by atoms with Gasteiger partial charge in [-0.2, -0.15) is 0 Å². The zero-order chi connectivity index (χ0) is 7.11. The molecule has 0 aromatic heterocycles. The molecule has 0 saturated carbocycles. The van der Waals surface area contributed by atoms with Crippen LogP contribution in [-0.2, 0) is 9.53 Å². The minimum Gasteiger partial charge on any atom is -0.466 e. The van der Waals surface area contributed by atoms with Crippen molar-refractivity contribution in [2.45, 2.75) is 20.3 Å². The molecular weight excluding hydrogens is 116 g/mol. The first-order valence-electron chi connectivity index (χ1n) is 3.08. The van der Waals surface area contributed by atoms with Gasteiger partial charge in [-0.05, 0) is 13.8 Å². The van der Waals surface area contributed by atoms with Crippen LogP contribution >= 0.6 is 0 Å². The molecule has 0 rings (SSSR count). The number of carbonyl (C=O) groups is 1. The molecule has 9 heavy (non-hydrogen) atoms. The van der Waals surface area contributed by atoms with Crippen molar-refractivity contribution in [1.29, 1.82) is 0 Å². The molecule has 0 aliphatic carbocycles. The topological polar surface area (TPSA) is 26.3 Å². The van der Waals surface area contributed by atoms with Gasteiger partial charge in [-0.1, -0.05) is 12.2 Å². The maximum atomic E-state index is 10.5. The smallest absolute Gasteiger partial charge is 0.309 e. The van der Waals surface area contributed by atoms with Crippen LogP contribution in [0.3, 0.4) is 0 Å². The third kappa shape index (κ3) is 5.07. The minimum atomic E-state index is -0.157. The van der Waals surface area contributed by atoms with E-state index in [-0.39, 0.29) is 5.97 Å². The first-order chi connectivity index (χ1) is 4.31. The van der Waals surface area contributed by atoms with Gasteiger partial charge in [0.25, 0.3) is 0 Å². The molecule has 0 aromatic rings. The van der Waals surface area contributed by atoms with Gasteiger partial charge >= 0.3 is 5.97 Å². The molecule has 0 bridgehead atoms. The van der Waals surface area contributed by atoms with E-state index in [0.717, 1.165) is 0 Å². The van der Waals surface area contributed by atoms with Crippen molar-refractivity contribution in [3.63, 3.8) is 0 Å². The van der Waals surface area contributed by atoms with Crippen molar-refractivity contribution in [2.24, 2.45) is 0 Å². The second-order valence-electron chi connectivity index (χ2n) is 1.58. The van der Waals surface area contributed by atoms with Gasteiger partial charge in [0.2, 0.25) is 0 Å². The Balaban J connectivity index is 3.27. The Kier molecular flexibility index (Phi) is 4.88. The lowest BCUT2D eigenvalue weighted by molar-refractivity contribution is -0.142. The molecule has 0 fully saturated rings. The first kappa shape index (κ1) is 8.21. The highest BCUT2D eigenvalue weighted by atomic mass is 16.5. The fourth-order valence-corrected chi connectivity index (χ4v) is 0.434. The van der Waals surface area contributed by atoms with Crippen LogP contribution in [0, 0.1) is 0 Å². The summed E-state index contributed by atoms with van der Waals surface area (Å²) in [4.78, 5) is 10.5. The molecule has 0 unspecified atom stereocenters. The van der Waals surface area contributed by atoms with Gasteiger partial charge < -0.3 is 4.74 Å². The number of carbonyl (C=O) groups excluding carboxylic acids is 1. The van der Waals surface area contributed by atoms with Gasteiger partial charge in [0, 0.05) is 0 Å². The lowest BCUT2D eigenvalue weighted by Gasteiger charge is -1.95. The molecule has 2 heteroatoms. The quantitative estimate of drug-likeness (QED) is 0.425. The Hall–Kier alpha value is -0.790. The average molecular weight is 128 g/mol. The lowest BCUT2D eigenvalue weighted by Crippen LogP contribution is -2.01. The molecule has 2 nitrogen and oxygen atoms in total. The van der Waals surface area contributed by atoms with Gasteiger partial charge in [-0.3, -0.25) is 4.79 Å². The molecule has 0 aromatic carbocycles. The summed E-state index contributed by atoms with van der Waals surface area (Å²) in [6.45, 7) is 4.14. The van der Waals surface area contributed by atoms with Crippen molar-refractivity contribution in [3.8, 4) is 0 Å². The van der Waals surface area contributed by atoms with Crippen LogP contribution in [0.5, 0.6) is 0 Å². The van der Waals surface area contributed by atoms with Gasteiger partial charge in [-0.25, -0.2) is 0 Å². The van der Waals surface area contributed by atoms with E-state index in [1.165, 1.54) is 0 Å². The molecule has 0 spiro atoms. The van der Waals surface area contributed by atoms with Crippen molar-refractivity contribution in [1.82, 2.24) is 0 Å². The van der Waals surface area contributed by atoms with Gasteiger partial charge in [0.1, 0.15) is 0 Å². The van der Waals surface area contributed by atoms with Crippen molar-refractivity contribution in [2.75, 3.05) is 6.61 Å². The summed E-state index contributed by atoms with van der Waals surface area (Å²) >= 11 is 0. The summed E-state index contributed by atoms with van der Waals surface area (Å²) in [5.74, 6) is -0.157. The van der Waals surface area contributed by atoms with Crippen LogP contribution in [-0.4, -0.2) is 12.6 Å². The molecule has 0 N–H and O–H groups in total. The Morgan fingerprint density at radius 1 is 1.67 bits per heavy atom. The highest BCUT2D eigenvalue weighted by Gasteiger charge is 1.94. The van der Waals surface area contributed by atoms with E-state index in [1.807, 2.05) is 13.0 Å². The molecule has 0 aliphatic heterocycles. The zero-order valence-electron chi connectivity index (χ0n) is 5.89. The summed E-state index contributed by atoms with van der Waals surface area (Å²) in [7, 11) is 0. The number of allylic oxidation sites excluding steroid dienone is 1. The third-order valence-electron chi connectivity index (χ3n) is 0.826. The summed E-state index contributed by atoms with van der Waals surface area (Å²) in [6.07, 6.45) is 4.00. The van der Waals surface area contributed by atoms with E-state index in [4.69, 9.17) is 0 Å². The minimum absolute atomic E-state index is 0.157. The van der Waals surface area contributed by atoms with E-state index in [9.17, 15) is 4.79 Å². The zero-order valence-corrected chi connectivity index (χ0v) is 5.89. The summed E-state index contributed by atoms with van der Waals surface area (Å²) in [5.41, 5.74) is 0. The fourth-order valence-electron chi connectivity index (χ4n) is 0.434. The molecule has 0 atom stereocenters. The number of ether oxygens (including phenoxy) is 1. The first-order valence-corrected chi connectivity index (χ1v) is 3.08. The molecule has 0 heterocycles. The second-order valence-corrected chi connectivity index (χ2v) is 1.58. The molecule has 0 aliphatic rings. The van der Waals surface area contributed by atoms with Crippen LogP contribution in [0.4, 0.5) is 0 Å². The Labute approximate surface area is 55.5 Å². The van der Waals surface area contributed by atoms with Crippen LogP contribution < -0.4 is 0 Å². The maximum absolute atomic E-state index is 10.5. The predicted molar refractivity (Wildman–Crippen MR) is 36.1 cm³/mol. The average Bonchev–Trinajstić information content (AvgIpc) is 1.85.